The average molecular weight is 524 g/mol. The van der Waals surface area contributed by atoms with Crippen molar-refractivity contribution in [2.75, 3.05) is 30.5 Å². The molecule has 1 atom stereocenters. The van der Waals surface area contributed by atoms with Gasteiger partial charge in [0.1, 0.15) is 17.5 Å². The summed E-state index contributed by atoms with van der Waals surface area (Å²) in [4.78, 5) is 31.2. The Balaban J connectivity index is 1.53. The zero-order chi connectivity index (χ0) is 25.7. The Bertz CT molecular complexity index is 1220. The van der Waals surface area contributed by atoms with Crippen LogP contribution in [0.5, 0.6) is 11.5 Å². The molecule has 0 spiro atoms. The third-order valence-electron chi connectivity index (χ3n) is 6.03. The van der Waals surface area contributed by atoms with E-state index < -0.39 is 6.04 Å². The molecule has 188 valence electrons. The van der Waals surface area contributed by atoms with Crippen molar-refractivity contribution >= 4 is 51.9 Å². The Kier molecular flexibility index (Phi) is 8.22. The maximum Gasteiger partial charge on any atom is 0.256 e. The first kappa shape index (κ1) is 25.7. The summed E-state index contributed by atoms with van der Waals surface area (Å²) in [5, 5.41) is 5.35. The molecule has 1 saturated heterocycles. The summed E-state index contributed by atoms with van der Waals surface area (Å²) in [6.07, 6.45) is 0.729. The molecule has 2 heterocycles. The van der Waals surface area contributed by atoms with Gasteiger partial charge in [-0.2, -0.15) is 0 Å². The lowest BCUT2D eigenvalue weighted by molar-refractivity contribution is -0.124. The van der Waals surface area contributed by atoms with Gasteiger partial charge < -0.3 is 19.7 Å². The van der Waals surface area contributed by atoms with Crippen LogP contribution in [0.3, 0.4) is 0 Å². The standard InChI is InChI=1S/C27H29N3O4S2/c1-4-34-22-9-5-19(6-10-22)28-25(31)17-23-26(32)30(20-7-11-21(33-3)12-8-20)27(35)29(23)15-13-24-18(2)14-16-36-24/h5-12,14,16,23H,4,13,15,17H2,1-3H3,(H,28,31). The molecule has 1 fully saturated rings. The minimum absolute atomic E-state index is 0.0116. The molecule has 9 heteroatoms. The summed E-state index contributed by atoms with van der Waals surface area (Å²) in [6.45, 7) is 5.10. The van der Waals surface area contributed by atoms with Crippen LogP contribution in [0.4, 0.5) is 11.4 Å². The molecule has 1 aromatic heterocycles. The van der Waals surface area contributed by atoms with Crippen molar-refractivity contribution in [3.05, 3.63) is 70.4 Å². The van der Waals surface area contributed by atoms with Crippen molar-refractivity contribution in [2.45, 2.75) is 32.7 Å². The fourth-order valence-electron chi connectivity index (χ4n) is 4.13. The van der Waals surface area contributed by atoms with Crippen LogP contribution in [0.2, 0.25) is 0 Å². The largest absolute Gasteiger partial charge is 0.497 e. The number of hydrogen-bond acceptors (Lipinski definition) is 6. The maximum atomic E-state index is 13.6. The Hall–Kier alpha value is -3.43. The number of aryl methyl sites for hydroxylation is 1. The van der Waals surface area contributed by atoms with E-state index >= 15 is 0 Å². The molecule has 4 rings (SSSR count). The number of carbonyl (C=O) groups excluding carboxylic acids is 2. The molecule has 1 aliphatic rings. The second kappa shape index (κ2) is 11.5. The van der Waals surface area contributed by atoms with Gasteiger partial charge >= 0.3 is 0 Å². The summed E-state index contributed by atoms with van der Waals surface area (Å²) in [5.41, 5.74) is 2.51. The number of nitrogens with one attached hydrogen (secondary N) is 1. The van der Waals surface area contributed by atoms with Gasteiger partial charge in [0.25, 0.3) is 5.91 Å². The Morgan fingerprint density at radius 3 is 2.39 bits per heavy atom. The fraction of sp³-hybridized carbons (Fsp3) is 0.296. The SMILES string of the molecule is CCOc1ccc(NC(=O)CC2C(=O)N(c3ccc(OC)cc3)C(=S)N2CCc2sccc2C)cc1. The summed E-state index contributed by atoms with van der Waals surface area (Å²) in [6, 6.07) is 15.7. The van der Waals surface area contributed by atoms with Gasteiger partial charge in [0, 0.05) is 17.1 Å². The van der Waals surface area contributed by atoms with Crippen LogP contribution in [-0.2, 0) is 16.0 Å². The van der Waals surface area contributed by atoms with Crippen LogP contribution in [0.1, 0.15) is 23.8 Å². The second-order valence-corrected chi connectivity index (χ2v) is 9.72. The first-order valence-corrected chi connectivity index (χ1v) is 13.0. The van der Waals surface area contributed by atoms with E-state index in [-0.39, 0.29) is 18.2 Å². The van der Waals surface area contributed by atoms with Crippen molar-refractivity contribution < 1.29 is 19.1 Å². The highest BCUT2D eigenvalue weighted by molar-refractivity contribution is 7.80. The number of rotatable bonds is 10. The number of hydrogen-bond donors (Lipinski definition) is 1. The highest BCUT2D eigenvalue weighted by Gasteiger charge is 2.44. The maximum absolute atomic E-state index is 13.6. The van der Waals surface area contributed by atoms with E-state index in [4.69, 9.17) is 21.7 Å². The normalized spacial score (nSPS) is 15.4. The number of nitrogens with zero attached hydrogens (tertiary/aromatic N) is 2. The molecule has 3 aromatic rings. The van der Waals surface area contributed by atoms with Gasteiger partial charge in [-0.1, -0.05) is 0 Å². The van der Waals surface area contributed by atoms with Gasteiger partial charge in [-0.3, -0.25) is 14.5 Å². The van der Waals surface area contributed by atoms with Gasteiger partial charge in [0.15, 0.2) is 5.11 Å². The monoisotopic (exact) mass is 523 g/mol. The van der Waals surface area contributed by atoms with Crippen molar-refractivity contribution in [1.29, 1.82) is 0 Å². The molecular weight excluding hydrogens is 494 g/mol. The van der Waals surface area contributed by atoms with Crippen molar-refractivity contribution in [3.8, 4) is 11.5 Å². The molecule has 1 N–H and O–H groups in total. The number of amides is 2. The molecule has 0 radical (unpaired) electrons. The predicted octanol–water partition coefficient (Wildman–Crippen LogP) is 5.04. The number of benzene rings is 2. The first-order chi connectivity index (χ1) is 17.4. The van der Waals surface area contributed by atoms with E-state index in [1.54, 1.807) is 67.0 Å². The zero-order valence-electron chi connectivity index (χ0n) is 20.5. The smallest absolute Gasteiger partial charge is 0.256 e. The molecule has 7 nitrogen and oxygen atoms in total. The minimum atomic E-state index is -0.692. The van der Waals surface area contributed by atoms with Crippen LogP contribution in [-0.4, -0.2) is 48.1 Å². The lowest BCUT2D eigenvalue weighted by Crippen LogP contribution is -2.39. The third kappa shape index (κ3) is 5.68. The minimum Gasteiger partial charge on any atom is -0.497 e. The predicted molar refractivity (Wildman–Crippen MR) is 147 cm³/mol. The van der Waals surface area contributed by atoms with E-state index in [9.17, 15) is 9.59 Å². The first-order valence-electron chi connectivity index (χ1n) is 11.8. The highest BCUT2D eigenvalue weighted by atomic mass is 32.1. The van der Waals surface area contributed by atoms with E-state index in [1.165, 1.54) is 15.3 Å². The molecule has 0 saturated carbocycles. The summed E-state index contributed by atoms with van der Waals surface area (Å²) < 4.78 is 10.7. The van der Waals surface area contributed by atoms with Crippen LogP contribution >= 0.6 is 23.6 Å². The van der Waals surface area contributed by atoms with Crippen LogP contribution in [0, 0.1) is 6.92 Å². The highest BCUT2D eigenvalue weighted by Crippen LogP contribution is 2.30. The number of anilines is 2. The van der Waals surface area contributed by atoms with Gasteiger partial charge in [0.2, 0.25) is 5.91 Å². The molecule has 1 aliphatic heterocycles. The van der Waals surface area contributed by atoms with E-state index in [0.717, 1.165) is 12.2 Å². The molecule has 2 aromatic carbocycles. The van der Waals surface area contributed by atoms with E-state index in [1.807, 2.05) is 11.8 Å². The molecule has 0 bridgehead atoms. The number of carbonyl (C=O) groups is 2. The molecule has 0 aliphatic carbocycles. The Morgan fingerprint density at radius 1 is 1.08 bits per heavy atom. The number of ether oxygens (including phenoxy) is 2. The molecule has 36 heavy (non-hydrogen) atoms. The van der Waals surface area contributed by atoms with Crippen molar-refractivity contribution in [3.63, 3.8) is 0 Å². The number of thiocarbonyl (C=S) groups is 1. The number of methoxy groups -OCH3 is 1. The molecule has 1 unspecified atom stereocenters. The third-order valence-corrected chi connectivity index (χ3v) is 7.52. The van der Waals surface area contributed by atoms with Crippen molar-refractivity contribution in [1.82, 2.24) is 4.90 Å². The van der Waals surface area contributed by atoms with Gasteiger partial charge in [-0.15, -0.1) is 11.3 Å². The fourth-order valence-corrected chi connectivity index (χ4v) is 5.44. The summed E-state index contributed by atoms with van der Waals surface area (Å²) >= 11 is 7.45. The van der Waals surface area contributed by atoms with Crippen LogP contribution in [0.25, 0.3) is 0 Å². The van der Waals surface area contributed by atoms with E-state index in [0.29, 0.717) is 35.4 Å². The zero-order valence-corrected chi connectivity index (χ0v) is 22.2. The molecule has 2 amide bonds. The Labute approximate surface area is 220 Å². The van der Waals surface area contributed by atoms with Gasteiger partial charge in [0.05, 0.1) is 25.8 Å². The Morgan fingerprint density at radius 2 is 1.78 bits per heavy atom. The number of thiophene rings is 1. The lowest BCUT2D eigenvalue weighted by atomic mass is 10.1. The average Bonchev–Trinajstić information content (AvgIpc) is 3.39. The van der Waals surface area contributed by atoms with Crippen LogP contribution < -0.4 is 19.7 Å². The summed E-state index contributed by atoms with van der Waals surface area (Å²) in [7, 11) is 1.59. The van der Waals surface area contributed by atoms with E-state index in [2.05, 4.69) is 23.7 Å². The van der Waals surface area contributed by atoms with Gasteiger partial charge in [-0.05, 0) is 98.0 Å². The topological polar surface area (TPSA) is 71.1 Å². The lowest BCUT2D eigenvalue weighted by Gasteiger charge is -2.24. The summed E-state index contributed by atoms with van der Waals surface area (Å²) in [5.74, 6) is 0.953. The quantitative estimate of drug-likeness (QED) is 0.376. The second-order valence-electron chi connectivity index (χ2n) is 8.35. The van der Waals surface area contributed by atoms with Crippen LogP contribution in [0.15, 0.2) is 60.0 Å². The molecular formula is C27H29N3O4S2. The van der Waals surface area contributed by atoms with Crippen molar-refractivity contribution in [2.24, 2.45) is 0 Å². The van der Waals surface area contributed by atoms with Gasteiger partial charge in [-0.25, -0.2) is 0 Å².